The Morgan fingerprint density at radius 3 is 2.20 bits per heavy atom. The summed E-state index contributed by atoms with van der Waals surface area (Å²) in [6.45, 7) is 10.1. The Morgan fingerprint density at radius 1 is 0.933 bits per heavy atom. The summed E-state index contributed by atoms with van der Waals surface area (Å²) in [6.07, 6.45) is 7.82. The van der Waals surface area contributed by atoms with Gasteiger partial charge in [0.25, 0.3) is 11.8 Å². The molecule has 0 fully saturated rings. The second-order valence-corrected chi connectivity index (χ2v) is 10.3. The largest absolute Gasteiger partial charge is 0.467 e. The van der Waals surface area contributed by atoms with Crippen LogP contribution in [0.1, 0.15) is 59.8 Å². The molecule has 234 valence electrons. The molecule has 0 radical (unpaired) electrons. The van der Waals surface area contributed by atoms with Gasteiger partial charge in [-0.1, -0.05) is 75.9 Å². The summed E-state index contributed by atoms with van der Waals surface area (Å²) in [5.74, 6) is -1.49. The molecule has 0 aliphatic rings. The third-order valence-electron chi connectivity index (χ3n) is 7.23. The Hall–Kier alpha value is -5.24. The number of methoxy groups -OCH3 is 1. The summed E-state index contributed by atoms with van der Waals surface area (Å²) in [7, 11) is 1.28. The van der Waals surface area contributed by atoms with E-state index in [0.29, 0.717) is 23.4 Å². The number of hydrogen-bond donors (Lipinski definition) is 3. The molecule has 8 nitrogen and oxygen atoms in total. The van der Waals surface area contributed by atoms with E-state index in [0.717, 1.165) is 29.7 Å². The summed E-state index contributed by atoms with van der Waals surface area (Å²) >= 11 is 0. The number of nitrogens with two attached hydrogens (primary N) is 1. The van der Waals surface area contributed by atoms with E-state index < -0.39 is 23.8 Å². The number of allylic oxidation sites excluding steroid dienone is 3. The summed E-state index contributed by atoms with van der Waals surface area (Å²) in [5, 5.41) is 5.49. The van der Waals surface area contributed by atoms with E-state index in [4.69, 9.17) is 15.5 Å². The maximum absolute atomic E-state index is 12.9. The van der Waals surface area contributed by atoms with Crippen molar-refractivity contribution in [2.24, 2.45) is 10.7 Å². The van der Waals surface area contributed by atoms with Crippen LogP contribution in [0.2, 0.25) is 0 Å². The van der Waals surface area contributed by atoms with Crippen molar-refractivity contribution in [1.29, 1.82) is 0 Å². The second-order valence-electron chi connectivity index (χ2n) is 10.3. The Bertz CT molecular complexity index is 1590. The lowest BCUT2D eigenvalue weighted by Crippen LogP contribution is -2.43. The molecule has 0 spiro atoms. The van der Waals surface area contributed by atoms with Crippen LogP contribution in [0.4, 0.5) is 5.69 Å². The summed E-state index contributed by atoms with van der Waals surface area (Å²) in [5.41, 5.74) is 12.7. The molecule has 1 unspecified atom stereocenters. The smallest absolute Gasteiger partial charge is 0.328 e. The predicted molar refractivity (Wildman–Crippen MR) is 182 cm³/mol. The number of amides is 2. The van der Waals surface area contributed by atoms with Gasteiger partial charge in [0, 0.05) is 28.9 Å². The van der Waals surface area contributed by atoms with Crippen LogP contribution in [-0.2, 0) is 33.6 Å². The van der Waals surface area contributed by atoms with Crippen molar-refractivity contribution in [2.45, 2.75) is 52.5 Å². The van der Waals surface area contributed by atoms with E-state index in [2.05, 4.69) is 43.2 Å². The highest BCUT2D eigenvalue weighted by atomic mass is 16.5. The van der Waals surface area contributed by atoms with Gasteiger partial charge in [0.1, 0.15) is 6.04 Å². The topological polar surface area (TPSA) is 123 Å². The van der Waals surface area contributed by atoms with Gasteiger partial charge in [0.15, 0.2) is 0 Å². The van der Waals surface area contributed by atoms with E-state index in [1.54, 1.807) is 36.4 Å². The van der Waals surface area contributed by atoms with Crippen molar-refractivity contribution in [3.63, 3.8) is 0 Å². The van der Waals surface area contributed by atoms with Crippen LogP contribution >= 0.6 is 0 Å². The third kappa shape index (κ3) is 9.89. The molecule has 0 bridgehead atoms. The van der Waals surface area contributed by atoms with Gasteiger partial charge in [-0.2, -0.15) is 0 Å². The average molecular weight is 607 g/mol. The third-order valence-corrected chi connectivity index (χ3v) is 7.23. The van der Waals surface area contributed by atoms with Crippen LogP contribution in [0.3, 0.4) is 0 Å². The van der Waals surface area contributed by atoms with Crippen molar-refractivity contribution in [1.82, 2.24) is 5.32 Å². The monoisotopic (exact) mass is 606 g/mol. The summed E-state index contributed by atoms with van der Waals surface area (Å²) in [4.78, 5) is 43.0. The van der Waals surface area contributed by atoms with Crippen molar-refractivity contribution in [3.8, 4) is 0 Å². The Balaban J connectivity index is 1.71. The SMILES string of the molecule is C=C\C=C(/N=C(/C=C(\N)C(=O)Nc1ccc(C(=O)NC(Cc2ccccc2)C(=O)OC)cc1)CC)c1ccc(CC)c(CC)c1. The fourth-order valence-corrected chi connectivity index (χ4v) is 4.72. The number of nitrogens with one attached hydrogen (secondary N) is 2. The molecule has 0 heterocycles. The minimum Gasteiger partial charge on any atom is -0.467 e. The molecule has 0 aromatic heterocycles. The molecular weight excluding hydrogens is 564 g/mol. The first-order valence-electron chi connectivity index (χ1n) is 15.1. The molecule has 3 rings (SSSR count). The molecule has 0 saturated heterocycles. The molecule has 3 aromatic rings. The average Bonchev–Trinajstić information content (AvgIpc) is 3.07. The predicted octanol–water partition coefficient (Wildman–Crippen LogP) is 6.18. The van der Waals surface area contributed by atoms with Crippen molar-refractivity contribution in [2.75, 3.05) is 12.4 Å². The number of benzene rings is 3. The molecule has 0 aliphatic carbocycles. The number of aliphatic imine (C=N–C) groups is 1. The lowest BCUT2D eigenvalue weighted by molar-refractivity contribution is -0.142. The summed E-state index contributed by atoms with van der Waals surface area (Å²) in [6, 6.07) is 21.1. The zero-order chi connectivity index (χ0) is 32.8. The number of hydrogen-bond acceptors (Lipinski definition) is 6. The zero-order valence-corrected chi connectivity index (χ0v) is 26.4. The highest BCUT2D eigenvalue weighted by Gasteiger charge is 2.22. The number of ether oxygens (including phenoxy) is 1. The number of nitrogens with zero attached hydrogens (tertiary/aromatic N) is 1. The van der Waals surface area contributed by atoms with E-state index in [1.165, 1.54) is 18.2 Å². The highest BCUT2D eigenvalue weighted by Crippen LogP contribution is 2.22. The lowest BCUT2D eigenvalue weighted by Gasteiger charge is -2.17. The van der Waals surface area contributed by atoms with Crippen LogP contribution < -0.4 is 16.4 Å². The Labute approximate surface area is 265 Å². The lowest BCUT2D eigenvalue weighted by atomic mass is 9.98. The van der Waals surface area contributed by atoms with Crippen molar-refractivity contribution < 1.29 is 19.1 Å². The minimum atomic E-state index is -0.852. The number of carbonyl (C=O) groups is 3. The molecular formula is C37H42N4O4. The first kappa shape index (κ1) is 34.3. The van der Waals surface area contributed by atoms with Crippen LogP contribution in [-0.4, -0.2) is 36.6 Å². The maximum atomic E-state index is 12.9. The number of aryl methyl sites for hydroxylation is 2. The van der Waals surface area contributed by atoms with Gasteiger partial charge in [-0.25, -0.2) is 4.79 Å². The summed E-state index contributed by atoms with van der Waals surface area (Å²) < 4.78 is 4.88. The van der Waals surface area contributed by atoms with Crippen LogP contribution in [0.5, 0.6) is 0 Å². The zero-order valence-electron chi connectivity index (χ0n) is 26.4. The van der Waals surface area contributed by atoms with Crippen LogP contribution in [0.25, 0.3) is 5.70 Å². The van der Waals surface area contributed by atoms with E-state index in [1.807, 2.05) is 49.4 Å². The van der Waals surface area contributed by atoms with Crippen LogP contribution in [0, 0.1) is 0 Å². The fraction of sp³-hybridized carbons (Fsp3) is 0.243. The molecule has 45 heavy (non-hydrogen) atoms. The highest BCUT2D eigenvalue weighted by molar-refractivity contribution is 6.09. The molecule has 0 saturated carbocycles. The normalized spacial score (nSPS) is 12.7. The second kappa shape index (κ2) is 17.2. The van der Waals surface area contributed by atoms with Gasteiger partial charge in [0.05, 0.1) is 18.5 Å². The van der Waals surface area contributed by atoms with Gasteiger partial charge in [0.2, 0.25) is 0 Å². The van der Waals surface area contributed by atoms with E-state index >= 15 is 0 Å². The molecule has 2 amide bonds. The Morgan fingerprint density at radius 2 is 1.60 bits per heavy atom. The van der Waals surface area contributed by atoms with Gasteiger partial charge in [-0.05, 0) is 78.4 Å². The van der Waals surface area contributed by atoms with Crippen molar-refractivity contribution >= 4 is 34.9 Å². The Kier molecular flexibility index (Phi) is 13.1. The number of esters is 1. The number of carbonyl (C=O) groups excluding carboxylic acids is 3. The van der Waals surface area contributed by atoms with E-state index in [-0.39, 0.29) is 12.1 Å². The van der Waals surface area contributed by atoms with Gasteiger partial charge < -0.3 is 21.1 Å². The first-order valence-corrected chi connectivity index (χ1v) is 15.1. The standard InChI is InChI=1S/C37H42N4O4/c1-6-13-33(29-17-16-26(7-2)27(8-3)23-29)39-30(9-4)24-32(38)36(43)40-31-20-18-28(19-21-31)35(42)41-34(37(44)45-5)22-25-14-11-10-12-15-25/h6,10-21,23-24,34H,1,7-9,22,38H2,2-5H3,(H,40,43)(H,41,42)/b32-24-,33-13-,39-30+. The molecule has 3 aromatic carbocycles. The van der Waals surface area contributed by atoms with E-state index in [9.17, 15) is 14.4 Å². The quantitative estimate of drug-likeness (QED) is 0.0875. The minimum absolute atomic E-state index is 0.00668. The molecule has 1 atom stereocenters. The molecule has 4 N–H and O–H groups in total. The van der Waals surface area contributed by atoms with Crippen LogP contribution in [0.15, 0.2) is 108 Å². The number of rotatable bonds is 14. The molecule has 0 aliphatic heterocycles. The van der Waals surface area contributed by atoms with Gasteiger partial charge in [-0.3, -0.25) is 14.6 Å². The van der Waals surface area contributed by atoms with Crippen molar-refractivity contribution in [3.05, 3.63) is 131 Å². The fourth-order valence-electron chi connectivity index (χ4n) is 4.72. The number of anilines is 1. The first-order chi connectivity index (χ1) is 21.7. The van der Waals surface area contributed by atoms with Gasteiger partial charge in [-0.15, -0.1) is 0 Å². The maximum Gasteiger partial charge on any atom is 0.328 e. The van der Waals surface area contributed by atoms with Gasteiger partial charge >= 0.3 is 5.97 Å². The molecule has 8 heteroatoms.